The first-order valence-corrected chi connectivity index (χ1v) is 3.32. The second-order valence-electron chi connectivity index (χ2n) is 1.94. The van der Waals surface area contributed by atoms with Gasteiger partial charge in [0.05, 0.1) is 14.2 Å². The Balaban J connectivity index is 3.14. The van der Waals surface area contributed by atoms with Crippen molar-refractivity contribution in [3.8, 4) is 11.9 Å². The molecule has 0 atom stereocenters. The van der Waals surface area contributed by atoms with E-state index in [1.165, 1.54) is 20.3 Å². The minimum Gasteiger partial charge on any atom is -0.481 e. The van der Waals surface area contributed by atoms with Gasteiger partial charge in [-0.15, -0.1) is 0 Å². The summed E-state index contributed by atoms with van der Waals surface area (Å²) in [5.74, 6) is 0.445. The highest BCUT2D eigenvalue weighted by molar-refractivity contribution is 5.33. The van der Waals surface area contributed by atoms with Crippen LogP contribution in [0.3, 0.4) is 0 Å². The molecule has 0 amide bonds. The van der Waals surface area contributed by atoms with Crippen molar-refractivity contribution in [3.63, 3.8) is 0 Å². The molecule has 1 heterocycles. The van der Waals surface area contributed by atoms with E-state index in [-0.39, 0.29) is 17.7 Å². The highest BCUT2D eigenvalue weighted by atomic mass is 16.5. The number of nitrogens with zero attached hydrogens (tertiary/aromatic N) is 5. The third-order valence-corrected chi connectivity index (χ3v) is 1.21. The average molecular weight is 181 g/mol. The van der Waals surface area contributed by atoms with Crippen molar-refractivity contribution in [2.75, 3.05) is 14.2 Å². The lowest BCUT2D eigenvalue weighted by molar-refractivity contribution is 0.352. The molecule has 13 heavy (non-hydrogen) atoms. The Kier molecular flexibility index (Phi) is 2.88. The predicted molar refractivity (Wildman–Crippen MR) is 43.9 cm³/mol. The molecule has 68 valence electrons. The van der Waals surface area contributed by atoms with Crippen LogP contribution in [0.25, 0.3) is 10.4 Å². The van der Waals surface area contributed by atoms with Crippen LogP contribution in [0, 0.1) is 0 Å². The maximum absolute atomic E-state index is 8.16. The summed E-state index contributed by atoms with van der Waals surface area (Å²) in [6.45, 7) is 0. The van der Waals surface area contributed by atoms with Crippen molar-refractivity contribution in [2.24, 2.45) is 5.11 Å². The van der Waals surface area contributed by atoms with Gasteiger partial charge in [0.2, 0.25) is 5.88 Å². The number of ether oxygens (including phenoxy) is 2. The zero-order chi connectivity index (χ0) is 9.68. The first kappa shape index (κ1) is 9.08. The van der Waals surface area contributed by atoms with Crippen LogP contribution in [-0.4, -0.2) is 24.2 Å². The monoisotopic (exact) mass is 181 g/mol. The highest BCUT2D eigenvalue weighted by Gasteiger charge is 2.02. The molecule has 0 fully saturated rings. The first-order chi connectivity index (χ1) is 6.30. The quantitative estimate of drug-likeness (QED) is 0.400. The summed E-state index contributed by atoms with van der Waals surface area (Å²) in [5, 5.41) is 3.29. The predicted octanol–water partition coefficient (Wildman–Crippen LogP) is 1.44. The standard InChI is InChI=1S/C6H7N5O2/c1-12-5-3-4(10-11-7)8-6(9-5)13-2/h3H,1-2H3. The van der Waals surface area contributed by atoms with Crippen LogP contribution >= 0.6 is 0 Å². The largest absolute Gasteiger partial charge is 0.481 e. The fourth-order valence-electron chi connectivity index (χ4n) is 0.685. The lowest BCUT2D eigenvalue weighted by atomic mass is 10.6. The zero-order valence-corrected chi connectivity index (χ0v) is 7.13. The van der Waals surface area contributed by atoms with Gasteiger partial charge in [-0.1, -0.05) is 0 Å². The second-order valence-corrected chi connectivity index (χ2v) is 1.94. The van der Waals surface area contributed by atoms with Crippen molar-refractivity contribution in [1.29, 1.82) is 0 Å². The number of aromatic nitrogens is 2. The van der Waals surface area contributed by atoms with Gasteiger partial charge in [0, 0.05) is 11.0 Å². The van der Waals surface area contributed by atoms with E-state index in [0.29, 0.717) is 0 Å². The Bertz CT molecular complexity index is 325. The molecule has 1 aromatic rings. The summed E-state index contributed by atoms with van der Waals surface area (Å²) in [6, 6.07) is 1.50. The van der Waals surface area contributed by atoms with E-state index in [9.17, 15) is 0 Å². The smallest absolute Gasteiger partial charge is 0.319 e. The summed E-state index contributed by atoms with van der Waals surface area (Å²) >= 11 is 0. The van der Waals surface area contributed by atoms with Gasteiger partial charge in [-0.2, -0.15) is 9.97 Å². The Morgan fingerprint density at radius 1 is 1.38 bits per heavy atom. The van der Waals surface area contributed by atoms with Crippen LogP contribution in [0.2, 0.25) is 0 Å². The third kappa shape index (κ3) is 2.21. The molecule has 0 saturated carbocycles. The second kappa shape index (κ2) is 4.13. The van der Waals surface area contributed by atoms with Crippen molar-refractivity contribution >= 4 is 5.82 Å². The van der Waals surface area contributed by atoms with Gasteiger partial charge < -0.3 is 9.47 Å². The van der Waals surface area contributed by atoms with E-state index >= 15 is 0 Å². The first-order valence-electron chi connectivity index (χ1n) is 3.32. The number of rotatable bonds is 3. The van der Waals surface area contributed by atoms with E-state index in [2.05, 4.69) is 20.0 Å². The van der Waals surface area contributed by atoms with Crippen LogP contribution in [0.15, 0.2) is 11.2 Å². The van der Waals surface area contributed by atoms with Crippen LogP contribution in [0.5, 0.6) is 11.9 Å². The molecule has 0 aromatic carbocycles. The number of methoxy groups -OCH3 is 2. The van der Waals surface area contributed by atoms with Gasteiger partial charge >= 0.3 is 6.01 Å². The van der Waals surface area contributed by atoms with Crippen LogP contribution in [0.1, 0.15) is 0 Å². The Morgan fingerprint density at radius 2 is 2.15 bits per heavy atom. The molecule has 1 rings (SSSR count). The molecule has 0 radical (unpaired) electrons. The van der Waals surface area contributed by atoms with E-state index in [0.717, 1.165) is 0 Å². The molecule has 0 aliphatic rings. The van der Waals surface area contributed by atoms with Gasteiger partial charge in [0.1, 0.15) is 5.82 Å². The van der Waals surface area contributed by atoms with Gasteiger partial charge in [0.25, 0.3) is 0 Å². The Morgan fingerprint density at radius 3 is 2.69 bits per heavy atom. The van der Waals surface area contributed by atoms with Crippen molar-refractivity contribution < 1.29 is 9.47 Å². The summed E-state index contributed by atoms with van der Waals surface area (Å²) in [7, 11) is 2.86. The molecular formula is C6H7N5O2. The third-order valence-electron chi connectivity index (χ3n) is 1.21. The lowest BCUT2D eigenvalue weighted by Crippen LogP contribution is -1.94. The maximum Gasteiger partial charge on any atom is 0.319 e. The van der Waals surface area contributed by atoms with Crippen LogP contribution in [-0.2, 0) is 0 Å². The fourth-order valence-corrected chi connectivity index (χ4v) is 0.685. The maximum atomic E-state index is 8.16. The molecule has 0 spiro atoms. The molecular weight excluding hydrogens is 174 g/mol. The van der Waals surface area contributed by atoms with Crippen molar-refractivity contribution in [1.82, 2.24) is 9.97 Å². The summed E-state index contributed by atoms with van der Waals surface area (Å²) in [5.41, 5.74) is 8.16. The normalized spacial score (nSPS) is 8.77. The number of hydrogen-bond donors (Lipinski definition) is 0. The Labute approximate surface area is 74.0 Å². The molecule has 0 saturated heterocycles. The average Bonchev–Trinajstić information content (AvgIpc) is 2.17. The minimum absolute atomic E-state index is 0.0988. The van der Waals surface area contributed by atoms with Crippen LogP contribution in [0.4, 0.5) is 5.82 Å². The van der Waals surface area contributed by atoms with E-state index < -0.39 is 0 Å². The highest BCUT2D eigenvalue weighted by Crippen LogP contribution is 2.18. The number of azide groups is 1. The summed E-state index contributed by atoms with van der Waals surface area (Å²) < 4.78 is 9.59. The van der Waals surface area contributed by atoms with E-state index in [4.69, 9.17) is 15.0 Å². The van der Waals surface area contributed by atoms with Gasteiger partial charge in [0.15, 0.2) is 0 Å². The molecule has 7 heteroatoms. The molecule has 0 bridgehead atoms. The summed E-state index contributed by atoms with van der Waals surface area (Å²) in [6.07, 6.45) is 0. The van der Waals surface area contributed by atoms with Crippen molar-refractivity contribution in [2.45, 2.75) is 0 Å². The minimum atomic E-state index is 0.0988. The van der Waals surface area contributed by atoms with E-state index in [1.807, 2.05) is 0 Å². The summed E-state index contributed by atoms with van der Waals surface area (Å²) in [4.78, 5) is 10.1. The fraction of sp³-hybridized carbons (Fsp3) is 0.333. The van der Waals surface area contributed by atoms with Crippen LogP contribution < -0.4 is 9.47 Å². The molecule has 7 nitrogen and oxygen atoms in total. The lowest BCUT2D eigenvalue weighted by Gasteiger charge is -2.01. The topological polar surface area (TPSA) is 93.0 Å². The van der Waals surface area contributed by atoms with Gasteiger partial charge in [-0.05, 0) is 10.6 Å². The van der Waals surface area contributed by atoms with E-state index in [1.54, 1.807) is 0 Å². The molecule has 0 aliphatic heterocycles. The molecule has 0 unspecified atom stereocenters. The zero-order valence-electron chi connectivity index (χ0n) is 7.13. The van der Waals surface area contributed by atoms with Gasteiger partial charge in [-0.25, -0.2) is 0 Å². The molecule has 0 N–H and O–H groups in total. The molecule has 1 aromatic heterocycles. The SMILES string of the molecule is COc1cc(N=[N+]=[N-])nc(OC)n1. The number of hydrogen-bond acceptors (Lipinski definition) is 5. The van der Waals surface area contributed by atoms with Gasteiger partial charge in [-0.3, -0.25) is 0 Å². The molecule has 0 aliphatic carbocycles. The van der Waals surface area contributed by atoms with Crippen molar-refractivity contribution in [3.05, 3.63) is 16.5 Å². The Hall–Kier alpha value is -2.01.